The van der Waals surface area contributed by atoms with Crippen LogP contribution in [0.2, 0.25) is 0 Å². The number of methoxy groups -OCH3 is 1. The van der Waals surface area contributed by atoms with Crippen molar-refractivity contribution in [3.05, 3.63) is 29.8 Å². The molecule has 0 aliphatic carbocycles. The summed E-state index contributed by atoms with van der Waals surface area (Å²) in [5.74, 6) is 0. The molecule has 1 aromatic carbocycles. The number of nitrogens with one attached hydrogen (secondary N) is 1. The number of rotatable bonds is 7. The zero-order valence-corrected chi connectivity index (χ0v) is 10.2. The summed E-state index contributed by atoms with van der Waals surface area (Å²) in [6.07, 6.45) is 2.28. The lowest BCUT2D eigenvalue weighted by molar-refractivity contribution is 0.161. The third-order valence-electron chi connectivity index (χ3n) is 2.64. The summed E-state index contributed by atoms with van der Waals surface area (Å²) in [5, 5.41) is 3.47. The van der Waals surface area contributed by atoms with Gasteiger partial charge in [0.05, 0.1) is 6.61 Å². The maximum absolute atomic E-state index is 5.88. The van der Waals surface area contributed by atoms with E-state index < -0.39 is 0 Å². The Balaban J connectivity index is 2.45. The van der Waals surface area contributed by atoms with Gasteiger partial charge in [-0.1, -0.05) is 31.5 Å². The Kier molecular flexibility index (Phi) is 5.90. The van der Waals surface area contributed by atoms with E-state index in [-0.39, 0.29) is 0 Å². The van der Waals surface area contributed by atoms with Crippen molar-refractivity contribution in [2.24, 2.45) is 0 Å². The van der Waals surface area contributed by atoms with Gasteiger partial charge in [0.15, 0.2) is 0 Å². The van der Waals surface area contributed by atoms with E-state index in [0.717, 1.165) is 37.2 Å². The first-order chi connectivity index (χ1) is 7.77. The fourth-order valence-corrected chi connectivity index (χ4v) is 1.74. The van der Waals surface area contributed by atoms with E-state index in [1.807, 2.05) is 18.2 Å². The Hall–Kier alpha value is -1.06. The third kappa shape index (κ3) is 4.21. The topological polar surface area (TPSA) is 47.3 Å². The minimum absolute atomic E-state index is 0.412. The van der Waals surface area contributed by atoms with Crippen LogP contribution in [0.5, 0.6) is 0 Å². The van der Waals surface area contributed by atoms with E-state index in [1.54, 1.807) is 7.11 Å². The van der Waals surface area contributed by atoms with Gasteiger partial charge in [0, 0.05) is 25.4 Å². The van der Waals surface area contributed by atoms with Crippen LogP contribution in [0.4, 0.5) is 5.69 Å². The van der Waals surface area contributed by atoms with Crippen LogP contribution in [-0.2, 0) is 11.3 Å². The van der Waals surface area contributed by atoms with Crippen molar-refractivity contribution >= 4 is 5.69 Å². The van der Waals surface area contributed by atoms with Crippen molar-refractivity contribution in [3.8, 4) is 0 Å². The lowest BCUT2D eigenvalue weighted by Crippen LogP contribution is -2.32. The monoisotopic (exact) mass is 222 g/mol. The Labute approximate surface area is 98.0 Å². The average molecular weight is 222 g/mol. The normalized spacial score (nSPS) is 12.6. The average Bonchev–Trinajstić information content (AvgIpc) is 2.28. The standard InChI is InChI=1S/C13H22N2O/c1-3-6-12(10-16-2)15-9-11-7-4-5-8-13(11)14/h4-5,7-8,12,15H,3,6,9-10,14H2,1-2H3. The molecule has 3 heteroatoms. The van der Waals surface area contributed by atoms with Crippen LogP contribution in [-0.4, -0.2) is 19.8 Å². The minimum atomic E-state index is 0.412. The first-order valence-corrected chi connectivity index (χ1v) is 5.83. The molecule has 1 unspecified atom stereocenters. The molecule has 0 aliphatic heterocycles. The molecule has 1 aromatic rings. The number of anilines is 1. The number of benzene rings is 1. The molecule has 0 heterocycles. The van der Waals surface area contributed by atoms with Crippen LogP contribution < -0.4 is 11.1 Å². The maximum atomic E-state index is 5.88. The molecule has 1 rings (SSSR count). The minimum Gasteiger partial charge on any atom is -0.398 e. The summed E-state index contributed by atoms with van der Waals surface area (Å²) in [7, 11) is 1.74. The number of nitrogen functional groups attached to an aromatic ring is 1. The highest BCUT2D eigenvalue weighted by molar-refractivity contribution is 5.46. The summed E-state index contributed by atoms with van der Waals surface area (Å²) in [6.45, 7) is 3.74. The highest BCUT2D eigenvalue weighted by Gasteiger charge is 2.07. The summed E-state index contributed by atoms with van der Waals surface area (Å²) in [5.41, 5.74) is 7.89. The van der Waals surface area contributed by atoms with Gasteiger partial charge < -0.3 is 15.8 Å². The predicted molar refractivity (Wildman–Crippen MR) is 68.3 cm³/mol. The van der Waals surface area contributed by atoms with E-state index in [2.05, 4.69) is 18.3 Å². The van der Waals surface area contributed by atoms with E-state index in [4.69, 9.17) is 10.5 Å². The van der Waals surface area contributed by atoms with E-state index in [1.165, 1.54) is 0 Å². The molecule has 16 heavy (non-hydrogen) atoms. The van der Waals surface area contributed by atoms with Gasteiger partial charge in [-0.3, -0.25) is 0 Å². The Morgan fingerprint density at radius 1 is 1.38 bits per heavy atom. The van der Waals surface area contributed by atoms with Crippen LogP contribution in [0.25, 0.3) is 0 Å². The lowest BCUT2D eigenvalue weighted by Gasteiger charge is -2.17. The number of nitrogens with two attached hydrogens (primary N) is 1. The summed E-state index contributed by atoms with van der Waals surface area (Å²) in [4.78, 5) is 0. The van der Waals surface area contributed by atoms with Gasteiger partial charge in [0.25, 0.3) is 0 Å². The molecule has 0 fully saturated rings. The zero-order chi connectivity index (χ0) is 11.8. The SMILES string of the molecule is CCCC(COC)NCc1ccccc1N. The molecule has 0 aliphatic rings. The van der Waals surface area contributed by atoms with Crippen molar-refractivity contribution in [3.63, 3.8) is 0 Å². The number of hydrogen-bond donors (Lipinski definition) is 2. The molecular formula is C13H22N2O. The first-order valence-electron chi connectivity index (χ1n) is 5.83. The summed E-state index contributed by atoms with van der Waals surface area (Å²) >= 11 is 0. The van der Waals surface area contributed by atoms with Gasteiger partial charge in [-0.25, -0.2) is 0 Å². The molecule has 90 valence electrons. The predicted octanol–water partition coefficient (Wildman–Crippen LogP) is 2.17. The molecule has 0 saturated carbocycles. The van der Waals surface area contributed by atoms with E-state index in [0.29, 0.717) is 6.04 Å². The molecule has 3 nitrogen and oxygen atoms in total. The van der Waals surface area contributed by atoms with Crippen LogP contribution >= 0.6 is 0 Å². The number of ether oxygens (including phenoxy) is 1. The van der Waals surface area contributed by atoms with Crippen LogP contribution in [0, 0.1) is 0 Å². The second-order valence-electron chi connectivity index (χ2n) is 4.02. The Morgan fingerprint density at radius 2 is 2.12 bits per heavy atom. The first kappa shape index (κ1) is 13.0. The summed E-state index contributed by atoms with van der Waals surface area (Å²) < 4.78 is 5.18. The largest absolute Gasteiger partial charge is 0.398 e. The van der Waals surface area contributed by atoms with Gasteiger partial charge in [-0.05, 0) is 18.1 Å². The molecule has 0 aromatic heterocycles. The zero-order valence-electron chi connectivity index (χ0n) is 10.2. The molecule has 0 radical (unpaired) electrons. The highest BCUT2D eigenvalue weighted by Crippen LogP contribution is 2.10. The van der Waals surface area contributed by atoms with Gasteiger partial charge in [0.1, 0.15) is 0 Å². The second kappa shape index (κ2) is 7.25. The molecule has 0 amide bonds. The second-order valence-corrected chi connectivity index (χ2v) is 4.02. The quantitative estimate of drug-likeness (QED) is 0.695. The van der Waals surface area contributed by atoms with E-state index in [9.17, 15) is 0 Å². The molecule has 1 atom stereocenters. The Morgan fingerprint density at radius 3 is 2.75 bits per heavy atom. The summed E-state index contributed by atoms with van der Waals surface area (Å²) in [6, 6.07) is 8.37. The van der Waals surface area contributed by atoms with Gasteiger partial charge in [-0.15, -0.1) is 0 Å². The van der Waals surface area contributed by atoms with Crippen molar-refractivity contribution in [2.45, 2.75) is 32.4 Å². The highest BCUT2D eigenvalue weighted by atomic mass is 16.5. The molecule has 3 N–H and O–H groups in total. The number of hydrogen-bond acceptors (Lipinski definition) is 3. The van der Waals surface area contributed by atoms with Gasteiger partial charge in [0.2, 0.25) is 0 Å². The van der Waals surface area contributed by atoms with Crippen LogP contribution in [0.3, 0.4) is 0 Å². The van der Waals surface area contributed by atoms with Gasteiger partial charge >= 0.3 is 0 Å². The van der Waals surface area contributed by atoms with Crippen molar-refractivity contribution in [2.75, 3.05) is 19.5 Å². The fourth-order valence-electron chi connectivity index (χ4n) is 1.74. The maximum Gasteiger partial charge on any atom is 0.0615 e. The molecule has 0 spiro atoms. The fraction of sp³-hybridized carbons (Fsp3) is 0.538. The van der Waals surface area contributed by atoms with Crippen molar-refractivity contribution in [1.82, 2.24) is 5.32 Å². The van der Waals surface area contributed by atoms with E-state index >= 15 is 0 Å². The Bertz CT molecular complexity index is 296. The van der Waals surface area contributed by atoms with Crippen molar-refractivity contribution < 1.29 is 4.74 Å². The molecule has 0 bridgehead atoms. The van der Waals surface area contributed by atoms with Crippen LogP contribution in [0.1, 0.15) is 25.3 Å². The van der Waals surface area contributed by atoms with Gasteiger partial charge in [-0.2, -0.15) is 0 Å². The van der Waals surface area contributed by atoms with Crippen molar-refractivity contribution in [1.29, 1.82) is 0 Å². The van der Waals surface area contributed by atoms with Crippen LogP contribution in [0.15, 0.2) is 24.3 Å². The lowest BCUT2D eigenvalue weighted by atomic mass is 10.1. The third-order valence-corrected chi connectivity index (χ3v) is 2.64. The molecular weight excluding hydrogens is 200 g/mol. The number of para-hydroxylation sites is 1. The molecule has 0 saturated heterocycles. The smallest absolute Gasteiger partial charge is 0.0615 e.